The Kier molecular flexibility index (Phi) is 3.73. The Hall–Kier alpha value is -1.73. The van der Waals surface area contributed by atoms with Crippen LogP contribution in [0.3, 0.4) is 0 Å². The molecule has 1 aliphatic rings. The molecule has 1 saturated heterocycles. The van der Waals surface area contributed by atoms with E-state index in [0.717, 1.165) is 0 Å². The normalized spacial score (nSPS) is 18.3. The van der Waals surface area contributed by atoms with Gasteiger partial charge >= 0.3 is 5.82 Å². The monoisotopic (exact) mass is 253 g/mol. The highest BCUT2D eigenvalue weighted by molar-refractivity contribution is 5.58. The molecule has 7 nitrogen and oxygen atoms in total. The summed E-state index contributed by atoms with van der Waals surface area (Å²) >= 11 is 0. The molecule has 7 heteroatoms. The van der Waals surface area contributed by atoms with Crippen molar-refractivity contribution in [2.24, 2.45) is 0 Å². The zero-order chi connectivity index (χ0) is 13.0. The van der Waals surface area contributed by atoms with Gasteiger partial charge in [0, 0.05) is 13.2 Å². The Morgan fingerprint density at radius 1 is 1.56 bits per heavy atom. The van der Waals surface area contributed by atoms with E-state index in [4.69, 9.17) is 4.74 Å². The molecule has 0 aromatic carbocycles. The summed E-state index contributed by atoms with van der Waals surface area (Å²) in [7, 11) is 0. The van der Waals surface area contributed by atoms with Gasteiger partial charge in [0.1, 0.15) is 11.9 Å². The highest BCUT2D eigenvalue weighted by atomic mass is 16.6. The second-order valence-electron chi connectivity index (χ2n) is 4.31. The topological polar surface area (TPSA) is 97.5 Å². The van der Waals surface area contributed by atoms with Crippen LogP contribution in [0.15, 0.2) is 18.3 Å². The first-order chi connectivity index (χ1) is 8.67. The van der Waals surface area contributed by atoms with Crippen molar-refractivity contribution in [3.63, 3.8) is 0 Å². The molecule has 0 spiro atoms. The molecule has 1 fully saturated rings. The summed E-state index contributed by atoms with van der Waals surface area (Å²) < 4.78 is 5.24. The van der Waals surface area contributed by atoms with E-state index in [1.54, 1.807) is 12.1 Å². The SMILES string of the molecule is O=[N+]([O-])c1ncccc1NC1(CO)CCOCC1. The van der Waals surface area contributed by atoms with Crippen LogP contribution in [0.5, 0.6) is 0 Å². The van der Waals surface area contributed by atoms with Gasteiger partial charge in [0.2, 0.25) is 0 Å². The van der Waals surface area contributed by atoms with Gasteiger partial charge in [-0.3, -0.25) is 0 Å². The molecule has 1 aromatic rings. The number of aliphatic hydroxyl groups is 1. The number of aromatic nitrogens is 1. The molecule has 0 aliphatic carbocycles. The first-order valence-electron chi connectivity index (χ1n) is 5.73. The van der Waals surface area contributed by atoms with Gasteiger partial charge in [-0.05, 0) is 34.9 Å². The van der Waals surface area contributed by atoms with Crippen LogP contribution in [-0.4, -0.2) is 40.4 Å². The lowest BCUT2D eigenvalue weighted by atomic mass is 9.90. The molecule has 0 unspecified atom stereocenters. The van der Waals surface area contributed by atoms with Crippen LogP contribution < -0.4 is 5.32 Å². The number of hydrogen-bond acceptors (Lipinski definition) is 6. The summed E-state index contributed by atoms with van der Waals surface area (Å²) in [5.74, 6) is -0.225. The molecule has 0 atom stereocenters. The van der Waals surface area contributed by atoms with Crippen LogP contribution in [-0.2, 0) is 4.74 Å². The summed E-state index contributed by atoms with van der Waals surface area (Å²) in [4.78, 5) is 14.1. The number of nitrogens with one attached hydrogen (secondary N) is 1. The van der Waals surface area contributed by atoms with Crippen LogP contribution in [0, 0.1) is 10.1 Å². The van der Waals surface area contributed by atoms with Crippen LogP contribution in [0.1, 0.15) is 12.8 Å². The maximum atomic E-state index is 10.9. The molecule has 0 bridgehead atoms. The van der Waals surface area contributed by atoms with Crippen molar-refractivity contribution in [3.8, 4) is 0 Å². The summed E-state index contributed by atoms with van der Waals surface area (Å²) in [6.07, 6.45) is 2.59. The number of nitro groups is 1. The third kappa shape index (κ3) is 2.57. The van der Waals surface area contributed by atoms with Crippen molar-refractivity contribution in [3.05, 3.63) is 28.4 Å². The molecule has 2 heterocycles. The molecular weight excluding hydrogens is 238 g/mol. The second-order valence-corrected chi connectivity index (χ2v) is 4.31. The largest absolute Gasteiger partial charge is 0.394 e. The first-order valence-corrected chi connectivity index (χ1v) is 5.73. The Bertz CT molecular complexity index is 432. The van der Waals surface area contributed by atoms with Crippen LogP contribution in [0.25, 0.3) is 0 Å². The standard InChI is InChI=1S/C11H15N3O4/c15-8-11(3-6-18-7-4-11)13-9-2-1-5-12-10(9)14(16)17/h1-2,5,13,15H,3-4,6-8H2. The van der Waals surface area contributed by atoms with Gasteiger partial charge in [-0.15, -0.1) is 0 Å². The smallest absolute Gasteiger partial charge is 0.386 e. The van der Waals surface area contributed by atoms with Crippen molar-refractivity contribution < 1.29 is 14.8 Å². The minimum absolute atomic E-state index is 0.0948. The molecule has 0 saturated carbocycles. The Labute approximate surface area is 104 Å². The molecule has 18 heavy (non-hydrogen) atoms. The van der Waals surface area contributed by atoms with E-state index in [0.29, 0.717) is 31.7 Å². The third-order valence-corrected chi connectivity index (χ3v) is 3.11. The molecule has 1 aromatic heterocycles. The Morgan fingerprint density at radius 3 is 2.89 bits per heavy atom. The van der Waals surface area contributed by atoms with Gasteiger partial charge < -0.3 is 25.3 Å². The van der Waals surface area contributed by atoms with E-state index in [9.17, 15) is 15.2 Å². The predicted octanol–water partition coefficient (Wildman–Crippen LogP) is 0.943. The summed E-state index contributed by atoms with van der Waals surface area (Å²) in [5.41, 5.74) is -0.232. The molecule has 98 valence electrons. The van der Waals surface area contributed by atoms with Crippen LogP contribution in [0.4, 0.5) is 11.5 Å². The number of rotatable bonds is 4. The van der Waals surface area contributed by atoms with Gasteiger partial charge in [0.05, 0.1) is 12.1 Å². The highest BCUT2D eigenvalue weighted by Gasteiger charge is 2.33. The van der Waals surface area contributed by atoms with Crippen molar-refractivity contribution in [2.45, 2.75) is 18.4 Å². The van der Waals surface area contributed by atoms with Crippen LogP contribution >= 0.6 is 0 Å². The molecule has 0 radical (unpaired) electrons. The van der Waals surface area contributed by atoms with Gasteiger partial charge in [0.25, 0.3) is 0 Å². The Morgan fingerprint density at radius 2 is 2.28 bits per heavy atom. The highest BCUT2D eigenvalue weighted by Crippen LogP contribution is 2.29. The summed E-state index contributed by atoms with van der Waals surface area (Å²) in [6, 6.07) is 3.22. The van der Waals surface area contributed by atoms with Crippen LogP contribution in [0.2, 0.25) is 0 Å². The first kappa shape index (κ1) is 12.7. The maximum Gasteiger partial charge on any atom is 0.386 e. The van der Waals surface area contributed by atoms with Crippen molar-refractivity contribution in [1.29, 1.82) is 0 Å². The summed E-state index contributed by atoms with van der Waals surface area (Å²) in [6.45, 7) is 0.964. The number of aliphatic hydroxyl groups excluding tert-OH is 1. The quantitative estimate of drug-likeness (QED) is 0.612. The molecule has 2 rings (SSSR count). The van der Waals surface area contributed by atoms with E-state index >= 15 is 0 Å². The number of anilines is 1. The van der Waals surface area contributed by atoms with Gasteiger partial charge in [-0.1, -0.05) is 0 Å². The lowest BCUT2D eigenvalue weighted by Gasteiger charge is -2.36. The zero-order valence-electron chi connectivity index (χ0n) is 9.83. The fourth-order valence-electron chi connectivity index (χ4n) is 2.01. The van der Waals surface area contributed by atoms with E-state index in [-0.39, 0.29) is 12.4 Å². The predicted molar refractivity (Wildman–Crippen MR) is 64.4 cm³/mol. The molecule has 1 aliphatic heterocycles. The average Bonchev–Trinajstić information content (AvgIpc) is 2.40. The fourth-order valence-corrected chi connectivity index (χ4v) is 2.01. The lowest BCUT2D eigenvalue weighted by molar-refractivity contribution is -0.388. The maximum absolute atomic E-state index is 10.9. The number of pyridine rings is 1. The minimum Gasteiger partial charge on any atom is -0.394 e. The van der Waals surface area contributed by atoms with Crippen molar-refractivity contribution in [1.82, 2.24) is 4.98 Å². The van der Waals surface area contributed by atoms with E-state index in [2.05, 4.69) is 10.3 Å². The van der Waals surface area contributed by atoms with Gasteiger partial charge in [-0.2, -0.15) is 0 Å². The summed E-state index contributed by atoms with van der Waals surface area (Å²) in [5, 5.41) is 23.5. The van der Waals surface area contributed by atoms with E-state index in [1.165, 1.54) is 6.20 Å². The second kappa shape index (κ2) is 5.28. The van der Waals surface area contributed by atoms with Gasteiger partial charge in [-0.25, -0.2) is 0 Å². The fraction of sp³-hybridized carbons (Fsp3) is 0.545. The van der Waals surface area contributed by atoms with E-state index < -0.39 is 10.5 Å². The van der Waals surface area contributed by atoms with Crippen molar-refractivity contribution >= 4 is 11.5 Å². The molecular formula is C11H15N3O4. The zero-order valence-corrected chi connectivity index (χ0v) is 9.83. The van der Waals surface area contributed by atoms with Crippen molar-refractivity contribution in [2.75, 3.05) is 25.1 Å². The average molecular weight is 253 g/mol. The molecule has 2 N–H and O–H groups in total. The Balaban J connectivity index is 2.24. The number of nitrogens with zero attached hydrogens (tertiary/aromatic N) is 2. The third-order valence-electron chi connectivity index (χ3n) is 3.11. The number of ether oxygens (including phenoxy) is 1. The lowest BCUT2D eigenvalue weighted by Crippen LogP contribution is -2.47. The van der Waals surface area contributed by atoms with Gasteiger partial charge in [0.15, 0.2) is 0 Å². The number of hydrogen-bond donors (Lipinski definition) is 2. The van der Waals surface area contributed by atoms with E-state index in [1.807, 2.05) is 0 Å². The minimum atomic E-state index is -0.563. The molecule has 0 amide bonds.